The number of anilines is 2. The van der Waals surface area contributed by atoms with E-state index in [4.69, 9.17) is 17.3 Å². The molecule has 1 heterocycles. The summed E-state index contributed by atoms with van der Waals surface area (Å²) < 4.78 is 1.35. The van der Waals surface area contributed by atoms with E-state index in [1.54, 1.807) is 12.1 Å². The zero-order chi connectivity index (χ0) is 15.4. The van der Waals surface area contributed by atoms with E-state index in [1.165, 1.54) is 4.57 Å². The largest absolute Gasteiger partial charge is 0.383 e. The van der Waals surface area contributed by atoms with Gasteiger partial charge in [-0.2, -0.15) is 0 Å². The number of hydrogen-bond acceptors (Lipinski definition) is 4. The summed E-state index contributed by atoms with van der Waals surface area (Å²) in [4.78, 5) is 25.8. The Labute approximate surface area is 126 Å². The number of nitrogen functional groups attached to an aromatic ring is 1. The minimum Gasteiger partial charge on any atom is -0.383 e. The zero-order valence-corrected chi connectivity index (χ0v) is 12.4. The van der Waals surface area contributed by atoms with Crippen LogP contribution in [0.2, 0.25) is 5.02 Å². The monoisotopic (exact) mass is 308 g/mol. The van der Waals surface area contributed by atoms with Gasteiger partial charge in [0.15, 0.2) is 0 Å². The Kier molecular flexibility index (Phi) is 4.70. The number of rotatable bonds is 5. The molecule has 0 amide bonds. The minimum atomic E-state index is -0.521. The highest BCUT2D eigenvalue weighted by atomic mass is 35.5. The fourth-order valence-corrected chi connectivity index (χ4v) is 2.25. The van der Waals surface area contributed by atoms with E-state index in [-0.39, 0.29) is 11.5 Å². The van der Waals surface area contributed by atoms with Crippen LogP contribution in [0.15, 0.2) is 33.9 Å². The van der Waals surface area contributed by atoms with Crippen LogP contribution in [0, 0.1) is 0 Å². The van der Waals surface area contributed by atoms with Crippen LogP contribution in [-0.4, -0.2) is 9.55 Å². The second kappa shape index (κ2) is 6.49. The van der Waals surface area contributed by atoms with Gasteiger partial charge in [-0.25, -0.2) is 4.79 Å². The molecular weight excluding hydrogens is 292 g/mol. The molecule has 1 aromatic carbocycles. The molecule has 1 aromatic heterocycles. The van der Waals surface area contributed by atoms with E-state index in [2.05, 4.69) is 10.3 Å². The van der Waals surface area contributed by atoms with Gasteiger partial charge in [0.2, 0.25) is 0 Å². The highest BCUT2D eigenvalue weighted by Crippen LogP contribution is 2.14. The molecule has 0 bridgehead atoms. The van der Waals surface area contributed by atoms with E-state index in [9.17, 15) is 9.59 Å². The van der Waals surface area contributed by atoms with Crippen molar-refractivity contribution in [2.45, 2.75) is 26.4 Å². The number of nitrogens with two attached hydrogens (primary N) is 1. The lowest BCUT2D eigenvalue weighted by Gasteiger charge is -2.13. The van der Waals surface area contributed by atoms with Crippen LogP contribution in [0.4, 0.5) is 11.5 Å². The lowest BCUT2D eigenvalue weighted by Crippen LogP contribution is -2.34. The molecule has 0 aliphatic carbocycles. The molecule has 6 nitrogen and oxygen atoms in total. The highest BCUT2D eigenvalue weighted by Gasteiger charge is 2.11. The summed E-state index contributed by atoms with van der Waals surface area (Å²) in [5, 5.41) is 3.58. The first-order valence-corrected chi connectivity index (χ1v) is 7.01. The fraction of sp³-hybridized carbons (Fsp3) is 0.286. The number of nitrogens with zero attached hydrogens (tertiary/aromatic N) is 1. The summed E-state index contributed by atoms with van der Waals surface area (Å²) in [5.41, 5.74) is 6.01. The van der Waals surface area contributed by atoms with Crippen LogP contribution < -0.4 is 22.3 Å². The first-order chi connectivity index (χ1) is 10.0. The quantitative estimate of drug-likeness (QED) is 0.785. The van der Waals surface area contributed by atoms with Gasteiger partial charge in [0.05, 0.1) is 0 Å². The Morgan fingerprint density at radius 3 is 2.81 bits per heavy atom. The maximum absolute atomic E-state index is 11.9. The smallest absolute Gasteiger partial charge is 0.330 e. The molecule has 0 saturated carbocycles. The summed E-state index contributed by atoms with van der Waals surface area (Å²) in [6, 6.07) is 7.27. The summed E-state index contributed by atoms with van der Waals surface area (Å²) in [6.45, 7) is 2.77. The molecule has 0 aliphatic heterocycles. The average Bonchev–Trinajstić information content (AvgIpc) is 2.43. The van der Waals surface area contributed by atoms with Crippen LogP contribution in [0.1, 0.15) is 18.9 Å². The Morgan fingerprint density at radius 1 is 1.38 bits per heavy atom. The fourth-order valence-electron chi connectivity index (χ4n) is 2.04. The predicted octanol–water partition coefficient (Wildman–Crippen LogP) is 1.79. The first-order valence-electron chi connectivity index (χ1n) is 6.63. The van der Waals surface area contributed by atoms with Crippen LogP contribution >= 0.6 is 11.6 Å². The third-order valence-corrected chi connectivity index (χ3v) is 3.28. The topological polar surface area (TPSA) is 92.9 Å². The van der Waals surface area contributed by atoms with Gasteiger partial charge in [-0.05, 0) is 24.1 Å². The number of hydrogen-bond donors (Lipinski definition) is 3. The van der Waals surface area contributed by atoms with Crippen LogP contribution in [-0.2, 0) is 13.1 Å². The van der Waals surface area contributed by atoms with Crippen LogP contribution in [0.5, 0.6) is 0 Å². The summed E-state index contributed by atoms with van der Waals surface area (Å²) in [5.74, 6) is 0.146. The van der Waals surface area contributed by atoms with Crippen molar-refractivity contribution in [3.63, 3.8) is 0 Å². The normalized spacial score (nSPS) is 10.6. The van der Waals surface area contributed by atoms with Crippen LogP contribution in [0.3, 0.4) is 0 Å². The molecular formula is C14H17ClN4O2. The number of aromatic amines is 1. The molecule has 0 aliphatic rings. The van der Waals surface area contributed by atoms with E-state index >= 15 is 0 Å². The number of H-pyrrole nitrogens is 1. The van der Waals surface area contributed by atoms with Gasteiger partial charge in [-0.1, -0.05) is 30.7 Å². The Morgan fingerprint density at radius 2 is 2.14 bits per heavy atom. The summed E-state index contributed by atoms with van der Waals surface area (Å²) in [6.07, 6.45) is 0.740. The second-order valence-corrected chi connectivity index (χ2v) is 5.09. The Hall–Kier alpha value is -2.21. The highest BCUT2D eigenvalue weighted by molar-refractivity contribution is 6.30. The van der Waals surface area contributed by atoms with E-state index < -0.39 is 11.2 Å². The standard InChI is InChI=1S/C14H17ClN4O2/c1-2-6-19-12(16)11(13(20)18-14(19)21)17-8-9-4-3-5-10(15)7-9/h3-5,7,17H,2,6,8,16H2,1H3,(H,18,20,21). The molecule has 112 valence electrons. The van der Waals surface area contributed by atoms with Gasteiger partial charge in [0, 0.05) is 18.1 Å². The molecule has 4 N–H and O–H groups in total. The molecule has 0 fully saturated rings. The molecule has 0 saturated heterocycles. The number of aromatic nitrogens is 2. The first kappa shape index (κ1) is 15.2. The second-order valence-electron chi connectivity index (χ2n) is 4.65. The molecule has 7 heteroatoms. The lowest BCUT2D eigenvalue weighted by atomic mass is 10.2. The van der Waals surface area contributed by atoms with Crippen molar-refractivity contribution < 1.29 is 0 Å². The predicted molar refractivity (Wildman–Crippen MR) is 84.8 cm³/mol. The van der Waals surface area contributed by atoms with Crippen molar-refractivity contribution in [2.24, 2.45) is 0 Å². The molecule has 21 heavy (non-hydrogen) atoms. The Bertz CT molecular complexity index is 751. The third kappa shape index (κ3) is 3.46. The molecule has 0 spiro atoms. The van der Waals surface area contributed by atoms with Crippen molar-refractivity contribution in [2.75, 3.05) is 11.1 Å². The van der Waals surface area contributed by atoms with Gasteiger partial charge < -0.3 is 11.1 Å². The zero-order valence-electron chi connectivity index (χ0n) is 11.6. The van der Waals surface area contributed by atoms with Gasteiger partial charge in [0.1, 0.15) is 11.5 Å². The third-order valence-electron chi connectivity index (χ3n) is 3.05. The van der Waals surface area contributed by atoms with Crippen molar-refractivity contribution >= 4 is 23.1 Å². The molecule has 0 radical (unpaired) electrons. The Balaban J connectivity index is 2.30. The van der Waals surface area contributed by atoms with Gasteiger partial charge in [0.25, 0.3) is 5.56 Å². The van der Waals surface area contributed by atoms with Gasteiger partial charge in [-0.15, -0.1) is 0 Å². The van der Waals surface area contributed by atoms with E-state index in [1.807, 2.05) is 19.1 Å². The maximum atomic E-state index is 11.9. The van der Waals surface area contributed by atoms with Gasteiger partial charge in [-0.3, -0.25) is 14.3 Å². The molecule has 2 rings (SSSR count). The number of halogens is 1. The van der Waals surface area contributed by atoms with Crippen molar-refractivity contribution in [1.29, 1.82) is 0 Å². The lowest BCUT2D eigenvalue weighted by molar-refractivity contribution is 0.642. The van der Waals surface area contributed by atoms with E-state index in [0.29, 0.717) is 18.1 Å². The van der Waals surface area contributed by atoms with Gasteiger partial charge >= 0.3 is 5.69 Å². The average molecular weight is 309 g/mol. The number of benzene rings is 1. The van der Waals surface area contributed by atoms with Crippen LogP contribution in [0.25, 0.3) is 0 Å². The molecule has 0 atom stereocenters. The molecule has 0 unspecified atom stereocenters. The SMILES string of the molecule is CCCn1c(N)c(NCc2cccc(Cl)c2)c(=O)[nH]c1=O. The van der Waals surface area contributed by atoms with E-state index in [0.717, 1.165) is 12.0 Å². The van der Waals surface area contributed by atoms with Crippen molar-refractivity contribution in [3.05, 3.63) is 55.7 Å². The summed E-state index contributed by atoms with van der Waals surface area (Å²) >= 11 is 5.91. The van der Waals surface area contributed by atoms with Crippen molar-refractivity contribution in [3.8, 4) is 0 Å². The maximum Gasteiger partial charge on any atom is 0.330 e. The minimum absolute atomic E-state index is 0.146. The summed E-state index contributed by atoms with van der Waals surface area (Å²) in [7, 11) is 0. The van der Waals surface area contributed by atoms with Crippen molar-refractivity contribution in [1.82, 2.24) is 9.55 Å². The molecule has 2 aromatic rings. The number of nitrogens with one attached hydrogen (secondary N) is 2.